The molecule has 3 aromatic rings. The molecule has 0 saturated heterocycles. The maximum Gasteiger partial charge on any atom is 0.162 e. The van der Waals surface area contributed by atoms with Crippen LogP contribution in [0.1, 0.15) is 316 Å². The zero-order valence-corrected chi connectivity index (χ0v) is 57.8. The van der Waals surface area contributed by atoms with Crippen LogP contribution in [-0.2, 0) is 19.6 Å². The van der Waals surface area contributed by atoms with E-state index >= 15 is 0 Å². The van der Waals surface area contributed by atoms with Crippen LogP contribution >= 0.6 is 0 Å². The normalized spacial score (nSPS) is 22.0. The van der Waals surface area contributed by atoms with E-state index in [-0.39, 0.29) is 27.7 Å². The fraction of sp³-hybridized carbons (Fsp3) is 0.775. The van der Waals surface area contributed by atoms with Gasteiger partial charge in [-0.25, -0.2) is 0 Å². The molecule has 0 spiro atoms. The van der Waals surface area contributed by atoms with E-state index in [0.29, 0.717) is 18.6 Å². The highest BCUT2D eigenvalue weighted by atomic mass is 16.7. The fourth-order valence-corrected chi connectivity index (χ4v) is 11.7. The highest BCUT2D eigenvalue weighted by Gasteiger charge is 2.39. The van der Waals surface area contributed by atoms with E-state index < -0.39 is 5.79 Å². The lowest BCUT2D eigenvalue weighted by Gasteiger charge is -2.46. The van der Waals surface area contributed by atoms with Crippen molar-refractivity contribution in [2.75, 3.05) is 26.4 Å². The zero-order chi connectivity index (χ0) is 60.7. The summed E-state index contributed by atoms with van der Waals surface area (Å²) in [4.78, 5) is 0. The van der Waals surface area contributed by atoms with Gasteiger partial charge >= 0.3 is 0 Å². The molecule has 3 heteroatoms. The Balaban J connectivity index is -0.000000443. The van der Waals surface area contributed by atoms with E-state index in [1.807, 2.05) is 27.7 Å². The molecule has 3 aromatic carbocycles. The van der Waals surface area contributed by atoms with Crippen molar-refractivity contribution < 1.29 is 14.2 Å². The molecule has 0 N–H and O–H groups in total. The van der Waals surface area contributed by atoms with Crippen molar-refractivity contribution in [3.63, 3.8) is 0 Å². The van der Waals surface area contributed by atoms with Crippen LogP contribution in [0.4, 0.5) is 0 Å². The molecule has 7 rings (SSSR count). The van der Waals surface area contributed by atoms with Gasteiger partial charge in [-0.15, -0.1) is 0 Å². The molecule has 4 fully saturated rings. The van der Waals surface area contributed by atoms with Crippen LogP contribution in [0.15, 0.2) is 72.8 Å². The molecule has 488 valence electrons. The number of rotatable bonds is 14. The zero-order valence-electron chi connectivity index (χ0n) is 57.8. The van der Waals surface area contributed by atoms with Crippen LogP contribution in [0.25, 0.3) is 0 Å². The standard InChI is InChI=1S/C17H32.C17H20.C10H20.C8H16.C8H10.C7H16O2.C6H14O.C4H10.3CH4/c2*1-13-5-9-15(10-6-13)17(3,4)16-11-7-14(2)8-12-16;1-3-9-5-7-10(4-2)8-6-9;2*1-7-3-5-8(2)6-4-7;1-5-8-7(3,4)9-6-2;1-3-5-7-6-4-2;1-4(2)3;;;/h13-16H,5-12H2,1-4H3;5-12H,1-4H3;9-10H,3-8H2,1-2H3;7-8H,3-6H2,1-2H3;3-6H,1-2H3;5-6H2,1-4H3;3-6H2,1-2H3;4H,1-3H3;3*1H4. The maximum atomic E-state index is 5.25. The summed E-state index contributed by atoms with van der Waals surface area (Å²) in [6, 6.07) is 26.1. The van der Waals surface area contributed by atoms with Crippen LogP contribution in [0, 0.1) is 86.4 Å². The van der Waals surface area contributed by atoms with Gasteiger partial charge in [-0.05, 0) is 164 Å². The van der Waals surface area contributed by atoms with Gasteiger partial charge in [0.25, 0.3) is 0 Å². The number of aryl methyl sites for hydroxylation is 4. The molecular formula is C80H150O3. The summed E-state index contributed by atoms with van der Waals surface area (Å²) in [7, 11) is 0. The number of hydrogen-bond acceptors (Lipinski definition) is 3. The van der Waals surface area contributed by atoms with Gasteiger partial charge in [0.2, 0.25) is 0 Å². The van der Waals surface area contributed by atoms with Crippen molar-refractivity contribution in [2.24, 2.45) is 58.7 Å². The lowest BCUT2D eigenvalue weighted by atomic mass is 9.59. The van der Waals surface area contributed by atoms with Crippen LogP contribution in [0.3, 0.4) is 0 Å². The molecule has 0 bridgehead atoms. The van der Waals surface area contributed by atoms with Gasteiger partial charge in [0, 0.05) is 31.8 Å². The summed E-state index contributed by atoms with van der Waals surface area (Å²) < 4.78 is 15.6. The molecule has 0 heterocycles. The van der Waals surface area contributed by atoms with Crippen molar-refractivity contribution in [1.82, 2.24) is 0 Å². The second kappa shape index (κ2) is 49.5. The number of ether oxygens (including phenoxy) is 3. The van der Waals surface area contributed by atoms with E-state index in [2.05, 4.69) is 204 Å². The largest absolute Gasteiger partial charge is 0.381 e. The topological polar surface area (TPSA) is 27.7 Å². The smallest absolute Gasteiger partial charge is 0.162 e. The average molecular weight is 1160 g/mol. The average Bonchev–Trinajstić information content (AvgIpc) is 3.63. The Kier molecular flexibility index (Phi) is 51.9. The number of hydrogen-bond donors (Lipinski definition) is 0. The third kappa shape index (κ3) is 41.4. The first kappa shape index (κ1) is 87.0. The summed E-state index contributed by atoms with van der Waals surface area (Å²) in [6.07, 6.45) is 29.0. The summed E-state index contributed by atoms with van der Waals surface area (Å²) >= 11 is 0. The Bertz CT molecular complexity index is 1690. The Morgan fingerprint density at radius 2 is 0.614 bits per heavy atom. The monoisotopic (exact) mass is 1160 g/mol. The predicted octanol–water partition coefficient (Wildman–Crippen LogP) is 26.2. The Morgan fingerprint density at radius 1 is 0.386 bits per heavy atom. The second-order valence-electron chi connectivity index (χ2n) is 27.9. The van der Waals surface area contributed by atoms with Crippen LogP contribution in [0.2, 0.25) is 0 Å². The molecule has 0 unspecified atom stereocenters. The van der Waals surface area contributed by atoms with Gasteiger partial charge in [0.05, 0.1) is 0 Å². The van der Waals surface area contributed by atoms with Crippen LogP contribution < -0.4 is 0 Å². The molecule has 3 nitrogen and oxygen atoms in total. The molecule has 0 aromatic heterocycles. The Hall–Kier alpha value is -2.46. The van der Waals surface area contributed by atoms with E-state index in [0.717, 1.165) is 79.3 Å². The Morgan fingerprint density at radius 3 is 0.831 bits per heavy atom. The van der Waals surface area contributed by atoms with E-state index in [9.17, 15) is 0 Å². The van der Waals surface area contributed by atoms with Gasteiger partial charge in [-0.1, -0.05) is 311 Å². The first-order chi connectivity index (χ1) is 37.7. The molecule has 4 aliphatic carbocycles. The van der Waals surface area contributed by atoms with Crippen LogP contribution in [0.5, 0.6) is 0 Å². The van der Waals surface area contributed by atoms with Crippen molar-refractivity contribution in [1.29, 1.82) is 0 Å². The molecule has 83 heavy (non-hydrogen) atoms. The molecule has 4 aliphatic rings. The van der Waals surface area contributed by atoms with Crippen molar-refractivity contribution in [2.45, 2.75) is 321 Å². The van der Waals surface area contributed by atoms with E-state index in [4.69, 9.17) is 14.2 Å². The van der Waals surface area contributed by atoms with Crippen molar-refractivity contribution in [3.8, 4) is 0 Å². The first-order valence-electron chi connectivity index (χ1n) is 33.7. The first-order valence-corrected chi connectivity index (χ1v) is 33.7. The van der Waals surface area contributed by atoms with Crippen LogP contribution in [-0.4, -0.2) is 32.2 Å². The lowest BCUT2D eigenvalue weighted by Crippen LogP contribution is -2.36. The van der Waals surface area contributed by atoms with Gasteiger partial charge in [0.1, 0.15) is 0 Å². The quantitative estimate of drug-likeness (QED) is 0.119. The minimum Gasteiger partial charge on any atom is -0.381 e. The van der Waals surface area contributed by atoms with Crippen molar-refractivity contribution >= 4 is 0 Å². The van der Waals surface area contributed by atoms with Gasteiger partial charge in [-0.3, -0.25) is 0 Å². The van der Waals surface area contributed by atoms with Gasteiger partial charge in [0.15, 0.2) is 5.79 Å². The molecule has 0 atom stereocenters. The van der Waals surface area contributed by atoms with E-state index in [1.165, 1.54) is 149 Å². The minimum atomic E-state index is -0.399. The highest BCUT2D eigenvalue weighted by Crippen LogP contribution is 2.49. The summed E-state index contributed by atoms with van der Waals surface area (Å²) in [5.74, 6) is 8.63. The van der Waals surface area contributed by atoms with E-state index in [1.54, 1.807) is 0 Å². The summed E-state index contributed by atoms with van der Waals surface area (Å²) in [5, 5.41) is 0. The maximum absolute atomic E-state index is 5.25. The SMILES string of the molecule is C.C.C.CC(C)C.CC1CCC(C(C)(C)C2CCC(C)CC2)CC1.CC1CCC(C)CC1.CCC1CCC(CC)CC1.CCCOCCC.CCOC(C)(C)OCC.Cc1ccc(C(C)(C)c2ccc(C)cc2)cc1.Cc1ccc(C)cc1. The van der Waals surface area contributed by atoms with Gasteiger partial charge in [-0.2, -0.15) is 0 Å². The molecule has 0 radical (unpaired) electrons. The molecule has 0 amide bonds. The fourth-order valence-electron chi connectivity index (χ4n) is 11.7. The third-order valence-corrected chi connectivity index (χ3v) is 18.0. The highest BCUT2D eigenvalue weighted by molar-refractivity contribution is 5.39. The van der Waals surface area contributed by atoms with Crippen molar-refractivity contribution in [3.05, 3.63) is 106 Å². The lowest BCUT2D eigenvalue weighted by molar-refractivity contribution is -0.207. The van der Waals surface area contributed by atoms with Gasteiger partial charge < -0.3 is 14.2 Å². The molecule has 4 saturated carbocycles. The molecular weight excluding hydrogens is 1010 g/mol. The summed E-state index contributed by atoms with van der Waals surface area (Å²) in [6.45, 7) is 54.2. The summed E-state index contributed by atoms with van der Waals surface area (Å²) in [5.41, 5.74) is 8.70. The number of benzene rings is 3. The molecule has 0 aliphatic heterocycles. The minimum absolute atomic E-state index is 0. The third-order valence-electron chi connectivity index (χ3n) is 18.0. The predicted molar refractivity (Wildman–Crippen MR) is 379 cm³/mol. The second-order valence-corrected chi connectivity index (χ2v) is 27.9. The Labute approximate surface area is 524 Å².